The Labute approximate surface area is 174 Å². The third-order valence-corrected chi connectivity index (χ3v) is 5.10. The van der Waals surface area contributed by atoms with Crippen LogP contribution < -0.4 is 5.32 Å². The van der Waals surface area contributed by atoms with Crippen LogP contribution in [0.5, 0.6) is 0 Å². The summed E-state index contributed by atoms with van der Waals surface area (Å²) in [5.41, 5.74) is 1.52. The van der Waals surface area contributed by atoms with Crippen molar-refractivity contribution in [3.05, 3.63) is 82.7 Å². The van der Waals surface area contributed by atoms with Crippen molar-refractivity contribution in [3.8, 4) is 0 Å². The number of aromatic nitrogens is 2. The van der Waals surface area contributed by atoms with Gasteiger partial charge >= 0.3 is 12.0 Å². The minimum absolute atomic E-state index is 0.185. The van der Waals surface area contributed by atoms with Crippen molar-refractivity contribution < 1.29 is 27.5 Å². The second-order valence-corrected chi connectivity index (χ2v) is 6.88. The molecule has 1 aliphatic rings. The summed E-state index contributed by atoms with van der Waals surface area (Å²) in [6.07, 6.45) is 1.83. The van der Waals surface area contributed by atoms with Crippen molar-refractivity contribution in [3.63, 3.8) is 0 Å². The number of imidazole rings is 1. The van der Waals surface area contributed by atoms with Crippen molar-refractivity contribution in [2.45, 2.75) is 12.5 Å². The molecule has 1 aliphatic heterocycles. The lowest BCUT2D eigenvalue weighted by molar-refractivity contribution is 0.0600. The summed E-state index contributed by atoms with van der Waals surface area (Å²) in [6.45, 7) is 0.185. The number of hydrogen-bond acceptors (Lipinski definition) is 4. The number of anilines is 1. The van der Waals surface area contributed by atoms with E-state index in [1.165, 1.54) is 42.6 Å². The Kier molecular flexibility index (Phi) is 5.37. The lowest BCUT2D eigenvalue weighted by Gasteiger charge is -2.35. The molecular formula is C21H17F3N4O3. The van der Waals surface area contributed by atoms with Crippen LogP contribution in [0.1, 0.15) is 33.4 Å². The highest BCUT2D eigenvalue weighted by Gasteiger charge is 2.36. The molecule has 0 saturated heterocycles. The van der Waals surface area contributed by atoms with Crippen LogP contribution >= 0.6 is 0 Å². The van der Waals surface area contributed by atoms with Gasteiger partial charge in [0.25, 0.3) is 0 Å². The minimum Gasteiger partial charge on any atom is -0.465 e. The van der Waals surface area contributed by atoms with Crippen molar-refractivity contribution in [2.24, 2.45) is 0 Å². The summed E-state index contributed by atoms with van der Waals surface area (Å²) in [7, 11) is 1.26. The van der Waals surface area contributed by atoms with E-state index in [2.05, 4.69) is 20.0 Å². The first-order valence-corrected chi connectivity index (χ1v) is 9.32. The van der Waals surface area contributed by atoms with Crippen LogP contribution in [0.15, 0.2) is 42.7 Å². The molecular weight excluding hydrogens is 413 g/mol. The van der Waals surface area contributed by atoms with Crippen LogP contribution in [0, 0.1) is 17.5 Å². The molecule has 1 atom stereocenters. The van der Waals surface area contributed by atoms with Gasteiger partial charge in [-0.25, -0.2) is 27.7 Å². The number of ether oxygens (including phenoxy) is 1. The quantitative estimate of drug-likeness (QED) is 0.489. The maximum absolute atomic E-state index is 14.6. The number of hydrogen-bond donors (Lipinski definition) is 2. The van der Waals surface area contributed by atoms with Gasteiger partial charge in [-0.15, -0.1) is 0 Å². The number of carbonyl (C=O) groups is 2. The van der Waals surface area contributed by atoms with E-state index in [-0.39, 0.29) is 12.1 Å². The van der Waals surface area contributed by atoms with Crippen LogP contribution in [0.2, 0.25) is 0 Å². The SMILES string of the molecule is COC(=O)c1ccc(NC(=O)N2CCc3[nH]cnc3[C@H]2c2ccc(F)c(F)c2F)cc1. The summed E-state index contributed by atoms with van der Waals surface area (Å²) in [6, 6.07) is 6.27. The predicted molar refractivity (Wildman–Crippen MR) is 104 cm³/mol. The first-order valence-electron chi connectivity index (χ1n) is 9.32. The molecule has 0 fully saturated rings. The molecule has 7 nitrogen and oxygen atoms in total. The van der Waals surface area contributed by atoms with Gasteiger partial charge in [0.15, 0.2) is 17.5 Å². The first-order chi connectivity index (χ1) is 14.9. The Bertz CT molecular complexity index is 1150. The summed E-state index contributed by atoms with van der Waals surface area (Å²) in [5.74, 6) is -4.82. The molecule has 4 rings (SSSR count). The normalized spacial score (nSPS) is 15.4. The lowest BCUT2D eigenvalue weighted by atomic mass is 9.95. The van der Waals surface area contributed by atoms with E-state index in [9.17, 15) is 22.8 Å². The van der Waals surface area contributed by atoms with Crippen LogP contribution in [0.25, 0.3) is 0 Å². The minimum atomic E-state index is -1.61. The largest absolute Gasteiger partial charge is 0.465 e. The van der Waals surface area contributed by atoms with Gasteiger partial charge < -0.3 is 19.9 Å². The average Bonchev–Trinajstić information content (AvgIpc) is 3.26. The Balaban J connectivity index is 1.66. The molecule has 2 amide bonds. The number of amides is 2. The topological polar surface area (TPSA) is 87.3 Å². The molecule has 0 radical (unpaired) electrons. The number of halogens is 3. The molecule has 0 saturated carbocycles. The van der Waals surface area contributed by atoms with Crippen LogP contribution in [-0.4, -0.2) is 40.5 Å². The molecule has 31 heavy (non-hydrogen) atoms. The zero-order valence-electron chi connectivity index (χ0n) is 16.3. The summed E-state index contributed by atoms with van der Waals surface area (Å²) in [4.78, 5) is 33.0. The number of urea groups is 1. The Morgan fingerprint density at radius 1 is 1.13 bits per heavy atom. The Hall–Kier alpha value is -3.82. The van der Waals surface area contributed by atoms with E-state index in [0.717, 1.165) is 12.1 Å². The fourth-order valence-electron chi connectivity index (χ4n) is 3.57. The summed E-state index contributed by atoms with van der Waals surface area (Å²) in [5, 5.41) is 2.67. The fraction of sp³-hybridized carbons (Fsp3) is 0.190. The highest BCUT2D eigenvalue weighted by atomic mass is 19.2. The third-order valence-electron chi connectivity index (χ3n) is 5.10. The highest BCUT2D eigenvalue weighted by molar-refractivity contribution is 5.92. The van der Waals surface area contributed by atoms with E-state index in [1.54, 1.807) is 0 Å². The van der Waals surface area contributed by atoms with Gasteiger partial charge in [0.05, 0.1) is 24.7 Å². The van der Waals surface area contributed by atoms with Gasteiger partial charge in [-0.05, 0) is 30.3 Å². The zero-order chi connectivity index (χ0) is 22.1. The number of H-pyrrole nitrogens is 1. The van der Waals surface area contributed by atoms with Crippen molar-refractivity contribution in [2.75, 3.05) is 19.0 Å². The smallest absolute Gasteiger partial charge is 0.337 e. The molecule has 1 aromatic heterocycles. The molecule has 0 unspecified atom stereocenters. The number of carbonyl (C=O) groups excluding carboxylic acids is 2. The molecule has 2 heterocycles. The van der Waals surface area contributed by atoms with Crippen molar-refractivity contribution in [1.82, 2.24) is 14.9 Å². The maximum atomic E-state index is 14.6. The number of fused-ring (bicyclic) bond motifs is 1. The first kappa shape index (κ1) is 20.5. The Morgan fingerprint density at radius 2 is 1.87 bits per heavy atom. The van der Waals surface area contributed by atoms with E-state index in [4.69, 9.17) is 0 Å². The fourth-order valence-corrected chi connectivity index (χ4v) is 3.57. The standard InChI is InChI=1S/C21H17F3N4O3/c1-31-20(29)11-2-4-12(5-3-11)27-21(30)28-9-8-15-18(26-10-25-15)19(28)13-6-7-14(22)17(24)16(13)23/h2-7,10,19H,8-9H2,1H3,(H,25,26)(H,27,30)/t19-/m1/s1. The highest BCUT2D eigenvalue weighted by Crippen LogP contribution is 2.36. The number of nitrogens with one attached hydrogen (secondary N) is 2. The summed E-state index contributed by atoms with van der Waals surface area (Å²) < 4.78 is 46.6. The molecule has 2 N–H and O–H groups in total. The Morgan fingerprint density at radius 3 is 2.58 bits per heavy atom. The number of esters is 1. The van der Waals surface area contributed by atoms with Gasteiger partial charge in [0, 0.05) is 29.9 Å². The van der Waals surface area contributed by atoms with Crippen LogP contribution in [-0.2, 0) is 11.2 Å². The monoisotopic (exact) mass is 430 g/mol. The van der Waals surface area contributed by atoms with Crippen molar-refractivity contribution in [1.29, 1.82) is 0 Å². The van der Waals surface area contributed by atoms with Gasteiger partial charge in [0.2, 0.25) is 0 Å². The summed E-state index contributed by atoms with van der Waals surface area (Å²) >= 11 is 0. The number of nitrogens with zero attached hydrogens (tertiary/aromatic N) is 2. The molecule has 0 aliphatic carbocycles. The van der Waals surface area contributed by atoms with Crippen LogP contribution in [0.4, 0.5) is 23.7 Å². The molecule has 10 heteroatoms. The lowest BCUT2D eigenvalue weighted by Crippen LogP contribution is -2.43. The molecule has 160 valence electrons. The maximum Gasteiger partial charge on any atom is 0.337 e. The molecule has 0 spiro atoms. The average molecular weight is 430 g/mol. The number of benzene rings is 2. The number of rotatable bonds is 3. The third kappa shape index (κ3) is 3.72. The second-order valence-electron chi connectivity index (χ2n) is 6.88. The second kappa shape index (κ2) is 8.13. The van der Waals surface area contributed by atoms with E-state index in [0.29, 0.717) is 29.1 Å². The number of aromatic amines is 1. The predicted octanol–water partition coefficient (Wildman–Crippen LogP) is 3.79. The number of methoxy groups -OCH3 is 1. The van der Waals surface area contributed by atoms with Gasteiger partial charge in [-0.3, -0.25) is 0 Å². The molecule has 3 aromatic rings. The van der Waals surface area contributed by atoms with Crippen molar-refractivity contribution >= 4 is 17.7 Å². The molecule has 2 aromatic carbocycles. The van der Waals surface area contributed by atoms with E-state index in [1.807, 2.05) is 0 Å². The molecule has 0 bridgehead atoms. The van der Waals surface area contributed by atoms with Crippen LogP contribution in [0.3, 0.4) is 0 Å². The zero-order valence-corrected chi connectivity index (χ0v) is 16.3. The van der Waals surface area contributed by atoms with Gasteiger partial charge in [-0.2, -0.15) is 0 Å². The van der Waals surface area contributed by atoms with Gasteiger partial charge in [-0.1, -0.05) is 6.07 Å². The van der Waals surface area contributed by atoms with E-state index >= 15 is 0 Å². The van der Waals surface area contributed by atoms with Gasteiger partial charge in [0.1, 0.15) is 6.04 Å². The van der Waals surface area contributed by atoms with E-state index < -0.39 is 35.5 Å².